The molecule has 1 aromatic carbocycles. The second-order valence-electron chi connectivity index (χ2n) is 1.95. The van der Waals surface area contributed by atoms with Gasteiger partial charge in [-0.15, -0.1) is 0 Å². The molecule has 0 spiro atoms. The van der Waals surface area contributed by atoms with Crippen LogP contribution in [0.1, 0.15) is 5.56 Å². The standard InChI is InChI=1S/C7H8O2S.4H2O/c8-10(9)6-7-4-2-1-3-5-7;;;;/h1-5H,6H2,(H,8,9);4*1H2. The van der Waals surface area contributed by atoms with E-state index in [9.17, 15) is 4.21 Å². The van der Waals surface area contributed by atoms with E-state index in [0.29, 0.717) is 0 Å². The smallest absolute Gasteiger partial charge is 0.157 e. The summed E-state index contributed by atoms with van der Waals surface area (Å²) in [6, 6.07) is 9.23. The summed E-state index contributed by atoms with van der Waals surface area (Å²) in [4.78, 5) is 0. The Morgan fingerprint density at radius 1 is 1.00 bits per heavy atom. The highest BCUT2D eigenvalue weighted by atomic mass is 32.2. The van der Waals surface area contributed by atoms with Crippen molar-refractivity contribution in [1.82, 2.24) is 0 Å². The third-order valence-electron chi connectivity index (χ3n) is 1.13. The van der Waals surface area contributed by atoms with E-state index < -0.39 is 11.1 Å². The van der Waals surface area contributed by atoms with Crippen molar-refractivity contribution in [2.75, 3.05) is 0 Å². The highest BCUT2D eigenvalue weighted by Gasteiger charge is 1.93. The number of hydrogen-bond donors (Lipinski definition) is 1. The molecule has 0 aliphatic carbocycles. The highest BCUT2D eigenvalue weighted by molar-refractivity contribution is 7.78. The molecule has 14 heavy (non-hydrogen) atoms. The Labute approximate surface area is 84.1 Å². The fourth-order valence-corrected chi connectivity index (χ4v) is 1.19. The molecule has 0 saturated carbocycles. The van der Waals surface area contributed by atoms with Crippen LogP contribution in [0.2, 0.25) is 0 Å². The molecule has 1 aromatic rings. The zero-order valence-electron chi connectivity index (χ0n) is 7.36. The summed E-state index contributed by atoms with van der Waals surface area (Å²) in [6.45, 7) is 0. The van der Waals surface area contributed by atoms with E-state index in [-0.39, 0.29) is 27.7 Å². The molecule has 6 nitrogen and oxygen atoms in total. The first-order valence-corrected chi connectivity index (χ1v) is 4.18. The first kappa shape index (κ1) is 23.2. The van der Waals surface area contributed by atoms with Crippen LogP contribution in [-0.4, -0.2) is 30.7 Å². The summed E-state index contributed by atoms with van der Waals surface area (Å²) in [5, 5.41) is 0. The van der Waals surface area contributed by atoms with Gasteiger partial charge in [-0.25, -0.2) is 4.21 Å². The fraction of sp³-hybridized carbons (Fsp3) is 0.143. The molecule has 0 aliphatic heterocycles. The molecule has 0 radical (unpaired) electrons. The van der Waals surface area contributed by atoms with Gasteiger partial charge in [-0.05, 0) is 5.56 Å². The minimum absolute atomic E-state index is 0. The molecular formula is C7H16O6S. The molecule has 1 unspecified atom stereocenters. The Hall–Kier alpha value is -0.830. The van der Waals surface area contributed by atoms with Gasteiger partial charge in [0.25, 0.3) is 0 Å². The van der Waals surface area contributed by atoms with Gasteiger partial charge in [-0.3, -0.25) is 0 Å². The second-order valence-corrected chi connectivity index (χ2v) is 2.88. The molecule has 86 valence electrons. The molecular weight excluding hydrogens is 212 g/mol. The molecule has 7 heteroatoms. The summed E-state index contributed by atoms with van der Waals surface area (Å²) < 4.78 is 18.8. The van der Waals surface area contributed by atoms with Gasteiger partial charge in [0.2, 0.25) is 0 Å². The molecule has 0 heterocycles. The number of benzene rings is 1. The van der Waals surface area contributed by atoms with Crippen LogP contribution in [0.25, 0.3) is 0 Å². The Kier molecular flexibility index (Phi) is 20.2. The van der Waals surface area contributed by atoms with Crippen LogP contribution >= 0.6 is 0 Å². The largest absolute Gasteiger partial charge is 0.412 e. The zero-order chi connectivity index (χ0) is 7.40. The van der Waals surface area contributed by atoms with Gasteiger partial charge in [-0.2, -0.15) is 0 Å². The maximum Gasteiger partial charge on any atom is 0.157 e. The van der Waals surface area contributed by atoms with E-state index in [2.05, 4.69) is 0 Å². The molecule has 0 saturated heterocycles. The van der Waals surface area contributed by atoms with E-state index in [1.165, 1.54) is 0 Å². The fourth-order valence-electron chi connectivity index (χ4n) is 0.717. The van der Waals surface area contributed by atoms with Gasteiger partial charge in [-0.1, -0.05) is 30.3 Å². The summed E-state index contributed by atoms with van der Waals surface area (Å²) in [7, 11) is 0. The topological polar surface area (TPSA) is 163 Å². The molecule has 0 aromatic heterocycles. The summed E-state index contributed by atoms with van der Waals surface area (Å²) >= 11 is -1.72. The van der Waals surface area contributed by atoms with Gasteiger partial charge in [0.05, 0.1) is 5.75 Å². The molecule has 0 aliphatic rings. The van der Waals surface area contributed by atoms with Gasteiger partial charge in [0, 0.05) is 0 Å². The van der Waals surface area contributed by atoms with Gasteiger partial charge in [0.1, 0.15) is 0 Å². The molecule has 1 atom stereocenters. The van der Waals surface area contributed by atoms with Crippen molar-refractivity contribution in [3.63, 3.8) is 0 Å². The monoisotopic (exact) mass is 228 g/mol. The Morgan fingerprint density at radius 3 is 1.79 bits per heavy atom. The number of hydrogen-bond acceptors (Lipinski definition) is 1. The normalized spacial score (nSPS) is 9.21. The van der Waals surface area contributed by atoms with Crippen LogP contribution in [0.5, 0.6) is 0 Å². The molecule has 0 bridgehead atoms. The molecule has 0 amide bonds. The van der Waals surface area contributed by atoms with E-state index in [1.54, 1.807) is 0 Å². The Bertz CT molecular complexity index is 227. The average molecular weight is 228 g/mol. The maximum atomic E-state index is 10.3. The van der Waals surface area contributed by atoms with Crippen molar-refractivity contribution < 1.29 is 30.7 Å². The predicted molar refractivity (Wildman–Crippen MR) is 55.4 cm³/mol. The van der Waals surface area contributed by atoms with Crippen LogP contribution in [0.3, 0.4) is 0 Å². The lowest BCUT2D eigenvalue weighted by Crippen LogP contribution is -1.91. The minimum atomic E-state index is -1.72. The van der Waals surface area contributed by atoms with Gasteiger partial charge in [0.15, 0.2) is 11.1 Å². The van der Waals surface area contributed by atoms with E-state index >= 15 is 0 Å². The van der Waals surface area contributed by atoms with Crippen molar-refractivity contribution in [1.29, 1.82) is 0 Å². The average Bonchev–Trinajstić information content (AvgIpc) is 1.88. The lowest BCUT2D eigenvalue weighted by molar-refractivity contribution is 0.563. The lowest BCUT2D eigenvalue weighted by Gasteiger charge is -1.93. The highest BCUT2D eigenvalue weighted by Crippen LogP contribution is 2.00. The minimum Gasteiger partial charge on any atom is -0.412 e. The van der Waals surface area contributed by atoms with Crippen LogP contribution in [-0.2, 0) is 16.8 Å². The first-order chi connectivity index (χ1) is 4.79. The number of rotatable bonds is 2. The molecule has 0 fully saturated rings. The quantitative estimate of drug-likeness (QED) is 0.585. The van der Waals surface area contributed by atoms with Crippen molar-refractivity contribution in [3.8, 4) is 0 Å². The lowest BCUT2D eigenvalue weighted by atomic mass is 10.2. The van der Waals surface area contributed by atoms with E-state index in [1.807, 2.05) is 30.3 Å². The van der Waals surface area contributed by atoms with Crippen LogP contribution < -0.4 is 0 Å². The van der Waals surface area contributed by atoms with E-state index in [4.69, 9.17) is 4.55 Å². The van der Waals surface area contributed by atoms with Crippen LogP contribution in [0.15, 0.2) is 30.3 Å². The van der Waals surface area contributed by atoms with Crippen LogP contribution in [0, 0.1) is 0 Å². The van der Waals surface area contributed by atoms with Crippen molar-refractivity contribution in [3.05, 3.63) is 35.9 Å². The summed E-state index contributed by atoms with van der Waals surface area (Å²) in [6.07, 6.45) is 0. The van der Waals surface area contributed by atoms with Crippen molar-refractivity contribution >= 4 is 11.1 Å². The second kappa shape index (κ2) is 12.2. The third-order valence-corrected chi connectivity index (χ3v) is 1.71. The Balaban J connectivity index is -0.000000125. The van der Waals surface area contributed by atoms with Crippen molar-refractivity contribution in [2.24, 2.45) is 0 Å². The third kappa shape index (κ3) is 9.26. The van der Waals surface area contributed by atoms with Crippen molar-refractivity contribution in [2.45, 2.75) is 5.75 Å². The van der Waals surface area contributed by atoms with Gasteiger partial charge < -0.3 is 26.5 Å². The predicted octanol–water partition coefficient (Wildman–Crippen LogP) is -1.89. The summed E-state index contributed by atoms with van der Waals surface area (Å²) in [5.74, 6) is 0.223. The van der Waals surface area contributed by atoms with Gasteiger partial charge >= 0.3 is 0 Å². The first-order valence-electron chi connectivity index (χ1n) is 2.90. The zero-order valence-corrected chi connectivity index (χ0v) is 8.17. The Morgan fingerprint density at radius 2 is 1.43 bits per heavy atom. The maximum absolute atomic E-state index is 10.3. The summed E-state index contributed by atoms with van der Waals surface area (Å²) in [5.41, 5.74) is 0.892. The SMILES string of the molecule is O.O.O.O.O=S(O)Cc1ccccc1. The van der Waals surface area contributed by atoms with E-state index in [0.717, 1.165) is 5.56 Å². The van der Waals surface area contributed by atoms with Crippen LogP contribution in [0.4, 0.5) is 0 Å². The molecule has 1 rings (SSSR count). The molecule has 9 N–H and O–H groups in total.